The zero-order chi connectivity index (χ0) is 10.6. The van der Waals surface area contributed by atoms with Crippen LogP contribution in [-0.2, 0) is 0 Å². The number of aromatic nitrogens is 1. The van der Waals surface area contributed by atoms with Crippen molar-refractivity contribution in [2.24, 2.45) is 0 Å². The van der Waals surface area contributed by atoms with Gasteiger partial charge in [-0.3, -0.25) is 0 Å². The summed E-state index contributed by atoms with van der Waals surface area (Å²) in [6.07, 6.45) is 2.90. The van der Waals surface area contributed by atoms with Gasteiger partial charge in [0.2, 0.25) is 0 Å². The Labute approximate surface area is 103 Å². The highest BCUT2D eigenvalue weighted by atomic mass is 79.9. The number of alkyl halides is 1. The lowest BCUT2D eigenvalue weighted by atomic mass is 10.3. The second-order valence-electron chi connectivity index (χ2n) is 3.21. The van der Waals surface area contributed by atoms with Crippen molar-refractivity contribution in [1.82, 2.24) is 4.98 Å². The first kappa shape index (κ1) is 12.3. The molecule has 0 aliphatic rings. The van der Waals surface area contributed by atoms with Crippen LogP contribution in [0, 0.1) is 6.92 Å². The molecule has 0 saturated carbocycles. The molecule has 1 aromatic heterocycles. The Kier molecular flexibility index (Phi) is 5.28. The summed E-state index contributed by atoms with van der Waals surface area (Å²) >= 11 is 11.0. The van der Waals surface area contributed by atoms with Gasteiger partial charge in [-0.05, 0) is 40.9 Å². The molecular formula is C10H13BrClNS. The summed E-state index contributed by atoms with van der Waals surface area (Å²) in [5.74, 6) is 0.706. The van der Waals surface area contributed by atoms with Crippen molar-refractivity contribution < 1.29 is 0 Å². The van der Waals surface area contributed by atoms with E-state index in [0.717, 1.165) is 15.9 Å². The smallest absolute Gasteiger partial charge is 0.110 e. The van der Waals surface area contributed by atoms with Gasteiger partial charge in [-0.2, -0.15) is 0 Å². The topological polar surface area (TPSA) is 12.9 Å². The van der Waals surface area contributed by atoms with E-state index < -0.39 is 0 Å². The number of hydrogen-bond acceptors (Lipinski definition) is 2. The molecule has 0 radical (unpaired) electrons. The van der Waals surface area contributed by atoms with Gasteiger partial charge < -0.3 is 0 Å². The van der Waals surface area contributed by atoms with Crippen LogP contribution in [0.4, 0.5) is 0 Å². The Bertz CT molecular complexity index is 306. The van der Waals surface area contributed by atoms with Crippen LogP contribution in [0.3, 0.4) is 0 Å². The van der Waals surface area contributed by atoms with Gasteiger partial charge in [0.25, 0.3) is 0 Å². The average Bonchev–Trinajstić information content (AvgIpc) is 2.10. The number of rotatable bonds is 4. The van der Waals surface area contributed by atoms with Crippen molar-refractivity contribution in [3.05, 3.63) is 22.3 Å². The molecule has 0 aliphatic carbocycles. The first-order valence-corrected chi connectivity index (χ1v) is 6.69. The Morgan fingerprint density at radius 1 is 1.64 bits per heavy atom. The quantitative estimate of drug-likeness (QED) is 0.608. The van der Waals surface area contributed by atoms with Gasteiger partial charge in [-0.25, -0.2) is 4.98 Å². The molecule has 0 bridgehead atoms. The number of pyridine rings is 1. The number of hydrogen-bond donors (Lipinski definition) is 0. The SMILES string of the molecule is Cc1cnc(SC(C)CCCl)c(Br)c1. The first-order valence-electron chi connectivity index (χ1n) is 4.48. The molecule has 1 nitrogen and oxygen atoms in total. The number of nitrogens with zero attached hydrogens (tertiary/aromatic N) is 1. The van der Waals surface area contributed by atoms with Crippen LogP contribution in [-0.4, -0.2) is 16.1 Å². The zero-order valence-corrected chi connectivity index (χ0v) is 11.4. The van der Waals surface area contributed by atoms with Crippen LogP contribution >= 0.6 is 39.3 Å². The number of halogens is 2. The molecule has 4 heteroatoms. The minimum atomic E-state index is 0.513. The van der Waals surface area contributed by atoms with Crippen molar-refractivity contribution >= 4 is 39.3 Å². The zero-order valence-electron chi connectivity index (χ0n) is 8.26. The lowest BCUT2D eigenvalue weighted by Crippen LogP contribution is -1.98. The number of aryl methyl sites for hydroxylation is 1. The minimum Gasteiger partial charge on any atom is -0.248 e. The molecule has 1 aromatic rings. The summed E-state index contributed by atoms with van der Waals surface area (Å²) < 4.78 is 1.07. The molecule has 0 saturated heterocycles. The molecule has 0 aromatic carbocycles. The summed E-state index contributed by atoms with van der Waals surface area (Å²) in [6.45, 7) is 4.20. The summed E-state index contributed by atoms with van der Waals surface area (Å²) in [5.41, 5.74) is 1.17. The Balaban J connectivity index is 2.67. The molecule has 1 unspecified atom stereocenters. The molecule has 14 heavy (non-hydrogen) atoms. The molecule has 1 heterocycles. The van der Waals surface area contributed by atoms with Crippen molar-refractivity contribution in [3.63, 3.8) is 0 Å². The number of thioether (sulfide) groups is 1. The van der Waals surface area contributed by atoms with Crippen LogP contribution in [0.2, 0.25) is 0 Å². The van der Waals surface area contributed by atoms with Crippen LogP contribution in [0.25, 0.3) is 0 Å². The van der Waals surface area contributed by atoms with Gasteiger partial charge in [-0.15, -0.1) is 23.4 Å². The maximum Gasteiger partial charge on any atom is 0.110 e. The van der Waals surface area contributed by atoms with Crippen molar-refractivity contribution in [2.45, 2.75) is 30.5 Å². The first-order chi connectivity index (χ1) is 6.63. The Morgan fingerprint density at radius 2 is 2.36 bits per heavy atom. The molecule has 78 valence electrons. The van der Waals surface area contributed by atoms with Crippen LogP contribution in [0.5, 0.6) is 0 Å². The summed E-state index contributed by atoms with van der Waals surface area (Å²) in [7, 11) is 0. The van der Waals surface area contributed by atoms with E-state index >= 15 is 0 Å². The molecule has 0 amide bonds. The summed E-state index contributed by atoms with van der Waals surface area (Å²) in [6, 6.07) is 2.09. The predicted molar refractivity (Wildman–Crippen MR) is 67.3 cm³/mol. The third-order valence-electron chi connectivity index (χ3n) is 1.77. The maximum atomic E-state index is 5.68. The van der Waals surface area contributed by atoms with Crippen molar-refractivity contribution in [2.75, 3.05) is 5.88 Å². The van der Waals surface area contributed by atoms with E-state index in [2.05, 4.69) is 33.9 Å². The third-order valence-corrected chi connectivity index (χ3v) is 4.04. The van der Waals surface area contributed by atoms with Gasteiger partial charge in [0, 0.05) is 17.3 Å². The fraction of sp³-hybridized carbons (Fsp3) is 0.500. The molecule has 0 spiro atoms. The summed E-state index contributed by atoms with van der Waals surface area (Å²) in [5, 5.41) is 1.56. The third kappa shape index (κ3) is 3.79. The highest BCUT2D eigenvalue weighted by molar-refractivity contribution is 9.10. The highest BCUT2D eigenvalue weighted by Crippen LogP contribution is 2.30. The average molecular weight is 295 g/mol. The van der Waals surface area contributed by atoms with Crippen molar-refractivity contribution in [3.8, 4) is 0 Å². The van der Waals surface area contributed by atoms with Crippen molar-refractivity contribution in [1.29, 1.82) is 0 Å². The van der Waals surface area contributed by atoms with E-state index in [9.17, 15) is 0 Å². The fourth-order valence-electron chi connectivity index (χ4n) is 1.01. The lowest BCUT2D eigenvalue weighted by Gasteiger charge is -2.09. The summed E-state index contributed by atoms with van der Waals surface area (Å²) in [4.78, 5) is 4.37. The Hall–Kier alpha value is 0.270. The van der Waals surface area contributed by atoms with Gasteiger partial charge in [-0.1, -0.05) is 6.92 Å². The molecule has 1 rings (SSSR count). The van der Waals surface area contributed by atoms with E-state index in [-0.39, 0.29) is 0 Å². The van der Waals surface area contributed by atoms with E-state index in [1.54, 1.807) is 11.8 Å². The predicted octanol–water partition coefficient (Wildman–Crippen LogP) is 4.26. The molecule has 0 N–H and O–H groups in total. The van der Waals surface area contributed by atoms with E-state index in [1.165, 1.54) is 5.56 Å². The van der Waals surface area contributed by atoms with Crippen LogP contribution in [0.1, 0.15) is 18.9 Å². The van der Waals surface area contributed by atoms with E-state index in [1.807, 2.05) is 13.1 Å². The lowest BCUT2D eigenvalue weighted by molar-refractivity contribution is 0.905. The highest BCUT2D eigenvalue weighted by Gasteiger charge is 2.08. The van der Waals surface area contributed by atoms with E-state index in [0.29, 0.717) is 11.1 Å². The van der Waals surface area contributed by atoms with E-state index in [4.69, 9.17) is 11.6 Å². The van der Waals surface area contributed by atoms with Gasteiger partial charge in [0.15, 0.2) is 0 Å². The molecular weight excluding hydrogens is 282 g/mol. The Morgan fingerprint density at radius 3 is 2.93 bits per heavy atom. The standard InChI is InChI=1S/C10H13BrClNS/c1-7-5-9(11)10(13-6-7)14-8(2)3-4-12/h5-6,8H,3-4H2,1-2H3. The van der Waals surface area contributed by atoms with Crippen LogP contribution in [0.15, 0.2) is 21.8 Å². The minimum absolute atomic E-state index is 0.513. The van der Waals surface area contributed by atoms with Gasteiger partial charge >= 0.3 is 0 Å². The normalized spacial score (nSPS) is 12.9. The van der Waals surface area contributed by atoms with Crippen LogP contribution < -0.4 is 0 Å². The molecule has 0 fully saturated rings. The maximum absolute atomic E-state index is 5.68. The fourth-order valence-corrected chi connectivity index (χ4v) is 3.11. The monoisotopic (exact) mass is 293 g/mol. The second-order valence-corrected chi connectivity index (χ2v) is 5.87. The van der Waals surface area contributed by atoms with Gasteiger partial charge in [0.1, 0.15) is 5.03 Å². The second kappa shape index (κ2) is 5.99. The largest absolute Gasteiger partial charge is 0.248 e. The van der Waals surface area contributed by atoms with Gasteiger partial charge in [0.05, 0.1) is 4.47 Å². The molecule has 0 aliphatic heterocycles. The molecule has 1 atom stereocenters.